The maximum absolute atomic E-state index is 11.4. The molecule has 2 heterocycles. The van der Waals surface area contributed by atoms with E-state index in [0.717, 1.165) is 0 Å². The molecule has 86 valence electrons. The monoisotopic (exact) mass is 240 g/mol. The van der Waals surface area contributed by atoms with Crippen LogP contribution in [-0.2, 0) is 4.79 Å². The molecule has 1 amide bonds. The number of likely N-dealkylation sites (tertiary alicyclic amines) is 1. The largest absolute Gasteiger partial charge is 0.471 e. The lowest BCUT2D eigenvalue weighted by molar-refractivity contribution is -0.139. The van der Waals surface area contributed by atoms with E-state index in [9.17, 15) is 4.79 Å². The summed E-state index contributed by atoms with van der Waals surface area (Å²) < 4.78 is 5.57. The van der Waals surface area contributed by atoms with Gasteiger partial charge in [-0.05, 0) is 6.07 Å². The van der Waals surface area contributed by atoms with Crippen LogP contribution in [0, 0.1) is 0 Å². The SMILES string of the molecule is O=C(CCCl)N1CC(Oc2ccccn2)C1. The van der Waals surface area contributed by atoms with E-state index in [-0.39, 0.29) is 12.0 Å². The van der Waals surface area contributed by atoms with E-state index in [1.807, 2.05) is 18.2 Å². The average Bonchev–Trinajstić information content (AvgIpc) is 2.24. The second kappa shape index (κ2) is 5.16. The molecule has 1 aliphatic heterocycles. The molecule has 2 rings (SSSR count). The normalized spacial score (nSPS) is 15.7. The summed E-state index contributed by atoms with van der Waals surface area (Å²) >= 11 is 5.50. The van der Waals surface area contributed by atoms with Crippen LogP contribution in [0.4, 0.5) is 0 Å². The number of carbonyl (C=O) groups excluding carboxylic acids is 1. The molecule has 0 bridgehead atoms. The minimum atomic E-state index is 0.0641. The second-order valence-corrected chi connectivity index (χ2v) is 4.02. The third-order valence-corrected chi connectivity index (χ3v) is 2.62. The molecule has 5 heteroatoms. The highest BCUT2D eigenvalue weighted by Gasteiger charge is 2.31. The summed E-state index contributed by atoms with van der Waals surface area (Å²) in [4.78, 5) is 17.2. The summed E-state index contributed by atoms with van der Waals surface area (Å²) in [7, 11) is 0. The van der Waals surface area contributed by atoms with Gasteiger partial charge in [0, 0.05) is 24.6 Å². The molecule has 0 saturated carbocycles. The predicted molar refractivity (Wildman–Crippen MR) is 60.6 cm³/mol. The average molecular weight is 241 g/mol. The van der Waals surface area contributed by atoms with Crippen molar-refractivity contribution in [3.8, 4) is 5.88 Å². The van der Waals surface area contributed by atoms with E-state index in [1.54, 1.807) is 11.1 Å². The Balaban J connectivity index is 1.75. The van der Waals surface area contributed by atoms with E-state index in [0.29, 0.717) is 31.3 Å². The fourth-order valence-electron chi connectivity index (χ4n) is 1.54. The molecule has 1 saturated heterocycles. The van der Waals surface area contributed by atoms with Crippen molar-refractivity contribution in [2.24, 2.45) is 0 Å². The zero-order valence-electron chi connectivity index (χ0n) is 8.80. The van der Waals surface area contributed by atoms with Crippen LogP contribution in [0.15, 0.2) is 24.4 Å². The van der Waals surface area contributed by atoms with Gasteiger partial charge in [0.05, 0.1) is 13.1 Å². The summed E-state index contributed by atoms with van der Waals surface area (Å²) in [5, 5.41) is 0. The number of pyridine rings is 1. The van der Waals surface area contributed by atoms with Crippen LogP contribution >= 0.6 is 11.6 Å². The van der Waals surface area contributed by atoms with Gasteiger partial charge in [0.1, 0.15) is 6.10 Å². The van der Waals surface area contributed by atoms with Gasteiger partial charge in [-0.3, -0.25) is 4.79 Å². The molecule has 0 radical (unpaired) electrons. The van der Waals surface area contributed by atoms with Crippen LogP contribution in [0.5, 0.6) is 5.88 Å². The highest BCUT2D eigenvalue weighted by atomic mass is 35.5. The van der Waals surface area contributed by atoms with Crippen LogP contribution in [-0.4, -0.2) is 40.9 Å². The lowest BCUT2D eigenvalue weighted by Gasteiger charge is -2.38. The Hall–Kier alpha value is -1.29. The standard InChI is InChI=1S/C11H13ClN2O2/c12-5-4-11(15)14-7-9(8-14)16-10-3-1-2-6-13-10/h1-3,6,9H,4-5,7-8H2. The molecule has 0 unspecified atom stereocenters. The number of ether oxygens (including phenoxy) is 1. The molecule has 1 aromatic heterocycles. The van der Waals surface area contributed by atoms with Gasteiger partial charge < -0.3 is 9.64 Å². The quantitative estimate of drug-likeness (QED) is 0.745. The van der Waals surface area contributed by atoms with Gasteiger partial charge in [-0.2, -0.15) is 0 Å². The summed E-state index contributed by atoms with van der Waals surface area (Å²) in [6.07, 6.45) is 2.15. The second-order valence-electron chi connectivity index (χ2n) is 3.65. The molecular formula is C11H13ClN2O2. The fraction of sp³-hybridized carbons (Fsp3) is 0.455. The van der Waals surface area contributed by atoms with Crippen LogP contribution in [0.3, 0.4) is 0 Å². The number of rotatable bonds is 4. The first-order chi connectivity index (χ1) is 7.79. The molecule has 1 aromatic rings. The molecule has 0 aliphatic carbocycles. The number of aromatic nitrogens is 1. The maximum atomic E-state index is 11.4. The van der Waals surface area contributed by atoms with Crippen LogP contribution in [0.2, 0.25) is 0 Å². The van der Waals surface area contributed by atoms with Crippen molar-refractivity contribution in [2.45, 2.75) is 12.5 Å². The Kier molecular flexibility index (Phi) is 3.62. The maximum Gasteiger partial charge on any atom is 0.224 e. The molecule has 0 atom stereocenters. The van der Waals surface area contributed by atoms with Gasteiger partial charge in [-0.1, -0.05) is 6.07 Å². The van der Waals surface area contributed by atoms with Gasteiger partial charge in [0.2, 0.25) is 11.8 Å². The van der Waals surface area contributed by atoms with E-state index >= 15 is 0 Å². The Bertz CT molecular complexity index is 352. The lowest BCUT2D eigenvalue weighted by atomic mass is 10.1. The first-order valence-corrected chi connectivity index (χ1v) is 5.74. The smallest absolute Gasteiger partial charge is 0.224 e. The number of alkyl halides is 1. The van der Waals surface area contributed by atoms with Crippen molar-refractivity contribution in [1.29, 1.82) is 0 Å². The molecular weight excluding hydrogens is 228 g/mol. The van der Waals surface area contributed by atoms with E-state index in [4.69, 9.17) is 16.3 Å². The summed E-state index contributed by atoms with van der Waals surface area (Å²) in [6.45, 7) is 1.26. The minimum absolute atomic E-state index is 0.0641. The van der Waals surface area contributed by atoms with E-state index < -0.39 is 0 Å². The Morgan fingerprint density at radius 2 is 2.38 bits per heavy atom. The Labute approximate surface area is 99.2 Å². The third kappa shape index (κ3) is 2.64. The van der Waals surface area contributed by atoms with Crippen molar-refractivity contribution in [3.63, 3.8) is 0 Å². The number of amides is 1. The zero-order chi connectivity index (χ0) is 11.4. The number of halogens is 1. The first-order valence-electron chi connectivity index (χ1n) is 5.21. The summed E-state index contributed by atoms with van der Waals surface area (Å²) in [6, 6.07) is 5.52. The molecule has 0 aromatic carbocycles. The highest BCUT2D eigenvalue weighted by molar-refractivity contribution is 6.18. The van der Waals surface area contributed by atoms with Crippen molar-refractivity contribution < 1.29 is 9.53 Å². The first kappa shape index (κ1) is 11.2. The number of hydrogen-bond acceptors (Lipinski definition) is 3. The molecule has 4 nitrogen and oxygen atoms in total. The lowest BCUT2D eigenvalue weighted by Crippen LogP contribution is -2.56. The van der Waals surface area contributed by atoms with Crippen molar-refractivity contribution in [1.82, 2.24) is 9.88 Å². The van der Waals surface area contributed by atoms with Gasteiger partial charge in [0.15, 0.2) is 0 Å². The molecule has 16 heavy (non-hydrogen) atoms. The van der Waals surface area contributed by atoms with Crippen molar-refractivity contribution in [2.75, 3.05) is 19.0 Å². The van der Waals surface area contributed by atoms with Gasteiger partial charge >= 0.3 is 0 Å². The van der Waals surface area contributed by atoms with Crippen molar-refractivity contribution >= 4 is 17.5 Å². The van der Waals surface area contributed by atoms with Gasteiger partial charge in [-0.15, -0.1) is 11.6 Å². The summed E-state index contributed by atoms with van der Waals surface area (Å²) in [5.74, 6) is 1.08. The summed E-state index contributed by atoms with van der Waals surface area (Å²) in [5.41, 5.74) is 0. The number of hydrogen-bond donors (Lipinski definition) is 0. The van der Waals surface area contributed by atoms with Gasteiger partial charge in [0.25, 0.3) is 0 Å². The predicted octanol–water partition coefficient (Wildman–Crippen LogP) is 1.30. The highest BCUT2D eigenvalue weighted by Crippen LogP contribution is 2.16. The third-order valence-electron chi connectivity index (χ3n) is 2.43. The van der Waals surface area contributed by atoms with E-state index in [2.05, 4.69) is 4.98 Å². The van der Waals surface area contributed by atoms with E-state index in [1.165, 1.54) is 0 Å². The topological polar surface area (TPSA) is 42.4 Å². The van der Waals surface area contributed by atoms with Crippen LogP contribution in [0.1, 0.15) is 6.42 Å². The zero-order valence-corrected chi connectivity index (χ0v) is 9.56. The number of nitrogens with zero attached hydrogens (tertiary/aromatic N) is 2. The molecule has 0 spiro atoms. The van der Waals surface area contributed by atoms with Crippen LogP contribution < -0.4 is 4.74 Å². The fourth-order valence-corrected chi connectivity index (χ4v) is 1.70. The molecule has 1 fully saturated rings. The van der Waals surface area contributed by atoms with Crippen LogP contribution in [0.25, 0.3) is 0 Å². The minimum Gasteiger partial charge on any atom is -0.471 e. The van der Waals surface area contributed by atoms with Gasteiger partial charge in [-0.25, -0.2) is 4.98 Å². The molecule has 0 N–H and O–H groups in total. The van der Waals surface area contributed by atoms with Crippen molar-refractivity contribution in [3.05, 3.63) is 24.4 Å². The Morgan fingerprint density at radius 3 is 3.00 bits per heavy atom. The Morgan fingerprint density at radius 1 is 1.56 bits per heavy atom. The molecule has 1 aliphatic rings. The number of carbonyl (C=O) groups is 1.